The summed E-state index contributed by atoms with van der Waals surface area (Å²) >= 11 is 0. The van der Waals surface area contributed by atoms with Crippen molar-refractivity contribution in [2.24, 2.45) is 0 Å². The average Bonchev–Trinajstić information content (AvgIpc) is 2.81. The van der Waals surface area contributed by atoms with E-state index in [4.69, 9.17) is 4.74 Å². The van der Waals surface area contributed by atoms with E-state index >= 15 is 0 Å². The van der Waals surface area contributed by atoms with Gasteiger partial charge in [0.1, 0.15) is 17.5 Å². The Hall–Kier alpha value is -1.95. The Balaban J connectivity index is 2.29. The molecule has 78 valence electrons. The van der Waals surface area contributed by atoms with Gasteiger partial charge in [0.05, 0.1) is 19.5 Å². The Morgan fingerprint density at radius 3 is 2.93 bits per heavy atom. The number of aromatic nitrogens is 4. The molecule has 0 bridgehead atoms. The number of H-pyrrole nitrogens is 1. The maximum absolute atomic E-state index is 9.88. The van der Waals surface area contributed by atoms with Crippen molar-refractivity contribution in [2.45, 2.75) is 6.10 Å². The molecule has 6 heteroatoms. The second-order valence-corrected chi connectivity index (χ2v) is 2.96. The maximum Gasteiger partial charge on any atom is 0.137 e. The van der Waals surface area contributed by atoms with Gasteiger partial charge in [0.15, 0.2) is 0 Å². The predicted molar refractivity (Wildman–Crippen MR) is 51.2 cm³/mol. The van der Waals surface area contributed by atoms with Crippen LogP contribution in [0.15, 0.2) is 24.7 Å². The average molecular weight is 206 g/mol. The summed E-state index contributed by atoms with van der Waals surface area (Å²) in [6, 6.07) is 1.70. The van der Waals surface area contributed by atoms with Crippen molar-refractivity contribution in [3.8, 4) is 5.75 Å². The molecule has 15 heavy (non-hydrogen) atoms. The van der Waals surface area contributed by atoms with Crippen LogP contribution in [-0.4, -0.2) is 32.6 Å². The number of aliphatic hydroxyl groups is 1. The zero-order valence-electron chi connectivity index (χ0n) is 8.08. The van der Waals surface area contributed by atoms with Gasteiger partial charge in [-0.25, -0.2) is 0 Å². The molecule has 0 amide bonds. The van der Waals surface area contributed by atoms with Crippen LogP contribution in [0.25, 0.3) is 0 Å². The van der Waals surface area contributed by atoms with Crippen molar-refractivity contribution in [3.63, 3.8) is 0 Å². The molecule has 0 aliphatic rings. The Labute approximate surface area is 85.9 Å². The number of aromatic amines is 1. The third-order valence-electron chi connectivity index (χ3n) is 2.00. The Morgan fingerprint density at radius 2 is 2.27 bits per heavy atom. The number of hydrogen-bond donors (Lipinski definition) is 2. The summed E-state index contributed by atoms with van der Waals surface area (Å²) in [5.41, 5.74) is 1.06. The van der Waals surface area contributed by atoms with E-state index in [-0.39, 0.29) is 0 Å². The number of pyridine rings is 1. The highest BCUT2D eigenvalue weighted by Crippen LogP contribution is 2.21. The fourth-order valence-corrected chi connectivity index (χ4v) is 1.21. The van der Waals surface area contributed by atoms with E-state index in [0.29, 0.717) is 17.0 Å². The number of ether oxygens (including phenoxy) is 1. The summed E-state index contributed by atoms with van der Waals surface area (Å²) in [4.78, 5) is 3.94. The zero-order chi connectivity index (χ0) is 10.7. The van der Waals surface area contributed by atoms with Gasteiger partial charge in [-0.05, 0) is 6.07 Å². The second-order valence-electron chi connectivity index (χ2n) is 2.96. The van der Waals surface area contributed by atoms with Gasteiger partial charge < -0.3 is 9.84 Å². The standard InChI is InChI=1S/C9H10N4O2/c1-15-7-2-6(3-10-4-7)9(14)8-5-11-13-12-8/h2-5,9,14H,1H3,(H,11,12,13). The van der Waals surface area contributed by atoms with E-state index in [1.165, 1.54) is 6.20 Å². The molecular weight excluding hydrogens is 196 g/mol. The highest BCUT2D eigenvalue weighted by Gasteiger charge is 2.13. The van der Waals surface area contributed by atoms with E-state index in [0.717, 1.165) is 0 Å². The summed E-state index contributed by atoms with van der Waals surface area (Å²) in [5.74, 6) is 0.593. The minimum Gasteiger partial charge on any atom is -0.495 e. The van der Waals surface area contributed by atoms with Crippen LogP contribution >= 0.6 is 0 Å². The summed E-state index contributed by atoms with van der Waals surface area (Å²) in [7, 11) is 1.54. The highest BCUT2D eigenvalue weighted by molar-refractivity contribution is 5.28. The zero-order valence-corrected chi connectivity index (χ0v) is 8.08. The molecule has 0 spiro atoms. The van der Waals surface area contributed by atoms with Crippen molar-refractivity contribution in [2.75, 3.05) is 7.11 Å². The van der Waals surface area contributed by atoms with E-state index in [1.807, 2.05) is 0 Å². The number of nitrogens with one attached hydrogen (secondary N) is 1. The highest BCUT2D eigenvalue weighted by atomic mass is 16.5. The molecule has 2 N–H and O–H groups in total. The van der Waals surface area contributed by atoms with Gasteiger partial charge >= 0.3 is 0 Å². The SMILES string of the molecule is COc1cncc(C(O)c2cn[nH]n2)c1. The first-order valence-corrected chi connectivity index (χ1v) is 4.34. The van der Waals surface area contributed by atoms with E-state index in [2.05, 4.69) is 20.4 Å². The van der Waals surface area contributed by atoms with Gasteiger partial charge in [-0.15, -0.1) is 0 Å². The fraction of sp³-hybridized carbons (Fsp3) is 0.222. The number of methoxy groups -OCH3 is 1. The van der Waals surface area contributed by atoms with Crippen molar-refractivity contribution in [1.29, 1.82) is 0 Å². The third kappa shape index (κ3) is 1.94. The summed E-state index contributed by atoms with van der Waals surface area (Å²) in [6.07, 6.45) is 3.75. The van der Waals surface area contributed by atoms with Crippen molar-refractivity contribution < 1.29 is 9.84 Å². The number of hydrogen-bond acceptors (Lipinski definition) is 5. The molecule has 2 aromatic heterocycles. The first-order chi connectivity index (χ1) is 7.31. The molecule has 1 atom stereocenters. The summed E-state index contributed by atoms with van der Waals surface area (Å²) in [6.45, 7) is 0. The summed E-state index contributed by atoms with van der Waals surface area (Å²) in [5, 5.41) is 19.7. The minimum absolute atomic E-state index is 0.449. The second kappa shape index (κ2) is 4.05. The smallest absolute Gasteiger partial charge is 0.137 e. The van der Waals surface area contributed by atoms with Crippen LogP contribution in [0.3, 0.4) is 0 Å². The van der Waals surface area contributed by atoms with Crippen LogP contribution in [0.4, 0.5) is 0 Å². The lowest BCUT2D eigenvalue weighted by molar-refractivity contribution is 0.214. The van der Waals surface area contributed by atoms with Crippen LogP contribution in [0.5, 0.6) is 5.75 Å². The molecule has 2 rings (SSSR count). The molecule has 2 aromatic rings. The lowest BCUT2D eigenvalue weighted by Gasteiger charge is -2.07. The first-order valence-electron chi connectivity index (χ1n) is 4.34. The molecule has 0 aromatic carbocycles. The topological polar surface area (TPSA) is 83.9 Å². The van der Waals surface area contributed by atoms with Crippen LogP contribution in [-0.2, 0) is 0 Å². The van der Waals surface area contributed by atoms with Crippen LogP contribution < -0.4 is 4.74 Å². The molecular formula is C9H10N4O2. The van der Waals surface area contributed by atoms with Gasteiger partial charge in [-0.2, -0.15) is 15.4 Å². The van der Waals surface area contributed by atoms with E-state index in [9.17, 15) is 5.11 Å². The van der Waals surface area contributed by atoms with Crippen LogP contribution in [0.2, 0.25) is 0 Å². The molecule has 6 nitrogen and oxygen atoms in total. The summed E-state index contributed by atoms with van der Waals surface area (Å²) < 4.78 is 5.00. The van der Waals surface area contributed by atoms with Gasteiger partial charge in [0.2, 0.25) is 0 Å². The number of nitrogens with zero attached hydrogens (tertiary/aromatic N) is 3. The molecule has 0 radical (unpaired) electrons. The molecule has 0 aliphatic carbocycles. The van der Waals surface area contributed by atoms with E-state index in [1.54, 1.807) is 25.6 Å². The van der Waals surface area contributed by atoms with Crippen molar-refractivity contribution >= 4 is 0 Å². The molecule has 2 heterocycles. The number of rotatable bonds is 3. The Morgan fingerprint density at radius 1 is 1.40 bits per heavy atom. The van der Waals surface area contributed by atoms with Crippen LogP contribution in [0, 0.1) is 0 Å². The maximum atomic E-state index is 9.88. The normalized spacial score (nSPS) is 12.4. The Bertz CT molecular complexity index is 429. The van der Waals surface area contributed by atoms with Crippen molar-refractivity contribution in [1.82, 2.24) is 20.4 Å². The first kappa shape index (κ1) is 9.60. The lowest BCUT2D eigenvalue weighted by Crippen LogP contribution is -2.01. The number of aliphatic hydroxyl groups excluding tert-OH is 1. The molecule has 1 unspecified atom stereocenters. The third-order valence-corrected chi connectivity index (χ3v) is 2.00. The lowest BCUT2D eigenvalue weighted by atomic mass is 10.1. The monoisotopic (exact) mass is 206 g/mol. The van der Waals surface area contributed by atoms with Gasteiger partial charge in [-0.1, -0.05) is 0 Å². The van der Waals surface area contributed by atoms with E-state index < -0.39 is 6.10 Å². The molecule has 0 saturated heterocycles. The predicted octanol–water partition coefficient (Wildman–Crippen LogP) is 0.290. The fourth-order valence-electron chi connectivity index (χ4n) is 1.21. The largest absolute Gasteiger partial charge is 0.495 e. The van der Waals surface area contributed by atoms with Crippen LogP contribution in [0.1, 0.15) is 17.4 Å². The molecule has 0 fully saturated rings. The van der Waals surface area contributed by atoms with Gasteiger partial charge in [-0.3, -0.25) is 4.98 Å². The minimum atomic E-state index is -0.841. The molecule has 0 aliphatic heterocycles. The quantitative estimate of drug-likeness (QED) is 0.754. The van der Waals surface area contributed by atoms with Gasteiger partial charge in [0, 0.05) is 11.8 Å². The van der Waals surface area contributed by atoms with Crippen molar-refractivity contribution in [3.05, 3.63) is 35.9 Å². The van der Waals surface area contributed by atoms with Gasteiger partial charge in [0.25, 0.3) is 0 Å². The Kier molecular flexibility index (Phi) is 2.59. The molecule has 0 saturated carbocycles.